The summed E-state index contributed by atoms with van der Waals surface area (Å²) in [6, 6.07) is 4.69. The van der Waals surface area contributed by atoms with Crippen LogP contribution in [0.4, 0.5) is 11.4 Å². The Morgan fingerprint density at radius 1 is 1.04 bits per heavy atom. The molecule has 28 heavy (non-hydrogen) atoms. The van der Waals surface area contributed by atoms with E-state index in [-0.39, 0.29) is 29.3 Å². The van der Waals surface area contributed by atoms with Crippen molar-refractivity contribution in [1.82, 2.24) is 9.80 Å². The van der Waals surface area contributed by atoms with Crippen molar-refractivity contribution in [2.24, 2.45) is 11.8 Å². The molecule has 0 aromatic heterocycles. The highest BCUT2D eigenvalue weighted by Gasteiger charge is 2.48. The average Bonchev–Trinajstić information content (AvgIpc) is 2.94. The molecule has 1 aromatic rings. The third kappa shape index (κ3) is 3.46. The Balaban J connectivity index is 1.39. The summed E-state index contributed by atoms with van der Waals surface area (Å²) in [7, 11) is 0. The second kappa shape index (κ2) is 7.67. The van der Waals surface area contributed by atoms with Crippen LogP contribution in [0.5, 0.6) is 0 Å². The van der Waals surface area contributed by atoms with Gasteiger partial charge in [0.25, 0.3) is 5.69 Å². The van der Waals surface area contributed by atoms with E-state index >= 15 is 0 Å². The molecule has 8 nitrogen and oxygen atoms in total. The summed E-state index contributed by atoms with van der Waals surface area (Å²) in [5.41, 5.74) is 0.545. The minimum absolute atomic E-state index is 0.00470. The summed E-state index contributed by atoms with van der Waals surface area (Å²) < 4.78 is 0. The average molecular weight is 407 g/mol. The van der Waals surface area contributed by atoms with Crippen molar-refractivity contribution in [3.05, 3.63) is 33.3 Å². The number of fused-ring (bicyclic) bond motifs is 1. The van der Waals surface area contributed by atoms with Crippen LogP contribution in [0.25, 0.3) is 0 Å². The number of benzene rings is 1. The fraction of sp³-hybridized carbons (Fsp3) is 0.579. The Morgan fingerprint density at radius 2 is 1.64 bits per heavy atom. The first-order valence-electron chi connectivity index (χ1n) is 9.72. The molecule has 2 atom stereocenters. The third-order valence-electron chi connectivity index (χ3n) is 6.12. The first-order valence-corrected chi connectivity index (χ1v) is 10.1. The number of piperazine rings is 1. The molecule has 2 amide bonds. The number of likely N-dealkylation sites (tertiary alicyclic amines) is 1. The van der Waals surface area contributed by atoms with E-state index in [4.69, 9.17) is 11.6 Å². The monoisotopic (exact) mass is 406 g/mol. The summed E-state index contributed by atoms with van der Waals surface area (Å²) in [4.78, 5) is 41.7. The second-order valence-corrected chi connectivity index (χ2v) is 8.18. The van der Waals surface area contributed by atoms with Gasteiger partial charge in [-0.05, 0) is 25.0 Å². The van der Waals surface area contributed by atoms with Crippen molar-refractivity contribution in [3.8, 4) is 0 Å². The quantitative estimate of drug-likeness (QED) is 0.433. The van der Waals surface area contributed by atoms with Crippen molar-refractivity contribution >= 4 is 34.8 Å². The largest absolute Gasteiger partial charge is 0.363 e. The molecule has 0 bridgehead atoms. The van der Waals surface area contributed by atoms with Crippen molar-refractivity contribution in [3.63, 3.8) is 0 Å². The lowest BCUT2D eigenvalue weighted by Crippen LogP contribution is -2.51. The van der Waals surface area contributed by atoms with Crippen LogP contribution in [0.15, 0.2) is 18.2 Å². The molecular weight excluding hydrogens is 384 g/mol. The fourth-order valence-electron chi connectivity index (χ4n) is 4.61. The van der Waals surface area contributed by atoms with Crippen molar-refractivity contribution in [2.45, 2.75) is 25.7 Å². The Hall–Kier alpha value is -2.19. The maximum Gasteiger partial charge on any atom is 0.294 e. The zero-order valence-electron chi connectivity index (χ0n) is 15.6. The molecule has 0 spiro atoms. The van der Waals surface area contributed by atoms with E-state index < -0.39 is 4.92 Å². The lowest BCUT2D eigenvalue weighted by Gasteiger charge is -2.37. The number of carbonyl (C=O) groups excluding carboxylic acids is 2. The highest BCUT2D eigenvalue weighted by atomic mass is 35.5. The molecular formula is C19H23ClN4O4. The van der Waals surface area contributed by atoms with Gasteiger partial charge in [-0.1, -0.05) is 24.4 Å². The van der Waals surface area contributed by atoms with Gasteiger partial charge in [0.1, 0.15) is 5.69 Å². The second-order valence-electron chi connectivity index (χ2n) is 7.74. The van der Waals surface area contributed by atoms with Crippen LogP contribution in [-0.2, 0) is 9.59 Å². The lowest BCUT2D eigenvalue weighted by atomic mass is 9.81. The number of amides is 2. The summed E-state index contributed by atoms with van der Waals surface area (Å²) in [6.07, 6.45) is 3.68. The Morgan fingerprint density at radius 3 is 2.21 bits per heavy atom. The lowest BCUT2D eigenvalue weighted by molar-refractivity contribution is -0.384. The van der Waals surface area contributed by atoms with E-state index in [1.54, 1.807) is 12.1 Å². The molecule has 1 saturated carbocycles. The Kier molecular flexibility index (Phi) is 5.25. The van der Waals surface area contributed by atoms with Crippen LogP contribution in [0.1, 0.15) is 25.7 Å². The number of rotatable bonds is 4. The van der Waals surface area contributed by atoms with Gasteiger partial charge in [-0.25, -0.2) is 0 Å². The predicted molar refractivity (Wildman–Crippen MR) is 104 cm³/mol. The van der Waals surface area contributed by atoms with Crippen molar-refractivity contribution in [2.75, 3.05) is 37.7 Å². The smallest absolute Gasteiger partial charge is 0.294 e. The molecule has 0 N–H and O–H groups in total. The molecule has 3 fully saturated rings. The number of halogens is 1. The van der Waals surface area contributed by atoms with E-state index in [0.29, 0.717) is 43.6 Å². The summed E-state index contributed by atoms with van der Waals surface area (Å²) in [5, 5.41) is 11.7. The number of imide groups is 1. The molecule has 4 rings (SSSR count). The van der Waals surface area contributed by atoms with Gasteiger partial charge in [-0.3, -0.25) is 29.5 Å². The molecule has 9 heteroatoms. The summed E-state index contributed by atoms with van der Waals surface area (Å²) in [5.74, 6) is -0.297. The van der Waals surface area contributed by atoms with E-state index in [2.05, 4.69) is 4.90 Å². The van der Waals surface area contributed by atoms with Gasteiger partial charge in [0, 0.05) is 37.3 Å². The highest BCUT2D eigenvalue weighted by molar-refractivity contribution is 6.30. The van der Waals surface area contributed by atoms with Gasteiger partial charge in [0.15, 0.2) is 0 Å². The van der Waals surface area contributed by atoms with Gasteiger partial charge < -0.3 is 4.90 Å². The molecule has 2 unspecified atom stereocenters. The highest BCUT2D eigenvalue weighted by Crippen LogP contribution is 2.38. The standard InChI is InChI=1S/C19H23ClN4O4/c20-13-5-6-16(17(11-13)24(27)28)22-9-7-21(8-10-22)12-23-18(25)14-3-1-2-4-15(14)19(23)26/h5-6,11,14-15H,1-4,7-10,12H2. The molecule has 2 heterocycles. The number of carbonyl (C=O) groups is 2. The SMILES string of the molecule is O=C1C2CCCCC2C(=O)N1CN1CCN(c2ccc(Cl)cc2[N+](=O)[O-])CC1. The minimum atomic E-state index is -0.420. The van der Waals surface area contributed by atoms with Crippen LogP contribution in [0, 0.1) is 22.0 Å². The first-order chi connectivity index (χ1) is 13.5. The first kappa shape index (κ1) is 19.1. The zero-order valence-corrected chi connectivity index (χ0v) is 16.3. The maximum absolute atomic E-state index is 12.6. The fourth-order valence-corrected chi connectivity index (χ4v) is 4.78. The van der Waals surface area contributed by atoms with Crippen molar-refractivity contribution in [1.29, 1.82) is 0 Å². The Labute approximate surface area is 168 Å². The van der Waals surface area contributed by atoms with Gasteiger partial charge in [-0.15, -0.1) is 0 Å². The molecule has 2 saturated heterocycles. The van der Waals surface area contributed by atoms with Gasteiger partial charge >= 0.3 is 0 Å². The van der Waals surface area contributed by atoms with Crippen LogP contribution in [0.2, 0.25) is 5.02 Å². The minimum Gasteiger partial charge on any atom is -0.363 e. The summed E-state index contributed by atoms with van der Waals surface area (Å²) >= 11 is 5.90. The van der Waals surface area contributed by atoms with E-state index in [1.165, 1.54) is 11.0 Å². The van der Waals surface area contributed by atoms with Gasteiger partial charge in [-0.2, -0.15) is 0 Å². The summed E-state index contributed by atoms with van der Waals surface area (Å²) in [6.45, 7) is 2.76. The van der Waals surface area contributed by atoms with Crippen LogP contribution >= 0.6 is 11.6 Å². The Bertz CT molecular complexity index is 785. The van der Waals surface area contributed by atoms with Gasteiger partial charge in [0.2, 0.25) is 11.8 Å². The zero-order chi connectivity index (χ0) is 19.8. The molecule has 2 aliphatic heterocycles. The molecule has 1 aliphatic carbocycles. The van der Waals surface area contributed by atoms with E-state index in [1.807, 2.05) is 4.90 Å². The molecule has 150 valence electrons. The van der Waals surface area contributed by atoms with Crippen LogP contribution < -0.4 is 4.90 Å². The number of hydrogen-bond acceptors (Lipinski definition) is 6. The number of nitro benzene ring substituents is 1. The maximum atomic E-state index is 12.6. The number of nitro groups is 1. The van der Waals surface area contributed by atoms with Gasteiger partial charge in [0.05, 0.1) is 23.4 Å². The number of anilines is 1. The van der Waals surface area contributed by atoms with Crippen molar-refractivity contribution < 1.29 is 14.5 Å². The third-order valence-corrected chi connectivity index (χ3v) is 6.36. The normalized spacial score (nSPS) is 25.9. The molecule has 1 aromatic carbocycles. The topological polar surface area (TPSA) is 87.0 Å². The van der Waals surface area contributed by atoms with E-state index in [0.717, 1.165) is 25.7 Å². The molecule has 0 radical (unpaired) electrons. The number of hydrogen-bond donors (Lipinski definition) is 0. The van der Waals surface area contributed by atoms with Crippen LogP contribution in [0.3, 0.4) is 0 Å². The van der Waals surface area contributed by atoms with Crippen LogP contribution in [-0.4, -0.2) is 59.4 Å². The van der Waals surface area contributed by atoms with E-state index in [9.17, 15) is 19.7 Å². The molecule has 3 aliphatic rings. The predicted octanol–water partition coefficient (Wildman–Crippen LogP) is 2.50. The number of nitrogens with zero attached hydrogens (tertiary/aromatic N) is 4.